The molecular formula is C15H33NOS. The molecule has 18 heavy (non-hydrogen) atoms. The van der Waals surface area contributed by atoms with Crippen LogP contribution in [0.2, 0.25) is 0 Å². The molecule has 0 aromatic rings. The number of hydrogen-bond acceptors (Lipinski definition) is 3. The first-order valence-electron chi connectivity index (χ1n) is 7.38. The first-order valence-corrected chi connectivity index (χ1v) is 8.01. The SMILES string of the molecule is CCCC(CS)(CCC)CN(CC)CC(C)(C)O. The molecule has 0 aromatic heterocycles. The van der Waals surface area contributed by atoms with Gasteiger partial charge in [0, 0.05) is 13.1 Å². The highest BCUT2D eigenvalue weighted by Crippen LogP contribution is 2.32. The fourth-order valence-electron chi connectivity index (χ4n) is 2.85. The molecule has 0 bridgehead atoms. The van der Waals surface area contributed by atoms with Gasteiger partial charge in [0.15, 0.2) is 0 Å². The summed E-state index contributed by atoms with van der Waals surface area (Å²) < 4.78 is 0. The van der Waals surface area contributed by atoms with Crippen molar-refractivity contribution in [1.29, 1.82) is 0 Å². The molecule has 1 N–H and O–H groups in total. The fraction of sp³-hybridized carbons (Fsp3) is 1.00. The van der Waals surface area contributed by atoms with E-state index in [-0.39, 0.29) is 0 Å². The minimum absolute atomic E-state index is 0.313. The normalized spacial score (nSPS) is 13.3. The van der Waals surface area contributed by atoms with Crippen molar-refractivity contribution in [3.05, 3.63) is 0 Å². The molecule has 0 spiro atoms. The third kappa shape index (κ3) is 7.01. The van der Waals surface area contributed by atoms with E-state index in [9.17, 15) is 5.11 Å². The van der Waals surface area contributed by atoms with Crippen LogP contribution in [0.25, 0.3) is 0 Å². The van der Waals surface area contributed by atoms with Gasteiger partial charge in [-0.1, -0.05) is 33.6 Å². The fourth-order valence-corrected chi connectivity index (χ4v) is 3.27. The van der Waals surface area contributed by atoms with Gasteiger partial charge in [-0.05, 0) is 44.4 Å². The lowest BCUT2D eigenvalue weighted by Crippen LogP contribution is -2.45. The Morgan fingerprint density at radius 1 is 1.00 bits per heavy atom. The largest absolute Gasteiger partial charge is 0.389 e. The van der Waals surface area contributed by atoms with Crippen molar-refractivity contribution in [3.8, 4) is 0 Å². The van der Waals surface area contributed by atoms with Gasteiger partial charge in [-0.15, -0.1) is 0 Å². The van der Waals surface area contributed by atoms with Crippen molar-refractivity contribution in [3.63, 3.8) is 0 Å². The Hall–Kier alpha value is 0.270. The van der Waals surface area contributed by atoms with Gasteiger partial charge in [-0.2, -0.15) is 12.6 Å². The maximum atomic E-state index is 9.99. The Bertz CT molecular complexity index is 207. The summed E-state index contributed by atoms with van der Waals surface area (Å²) in [4.78, 5) is 2.38. The van der Waals surface area contributed by atoms with E-state index >= 15 is 0 Å². The third-order valence-electron chi connectivity index (χ3n) is 3.51. The van der Waals surface area contributed by atoms with E-state index in [1.165, 1.54) is 25.7 Å². The molecule has 0 aliphatic carbocycles. The Kier molecular flexibility index (Phi) is 8.57. The molecule has 0 aliphatic heterocycles. The molecule has 0 rings (SSSR count). The van der Waals surface area contributed by atoms with Crippen molar-refractivity contribution in [2.24, 2.45) is 5.41 Å². The van der Waals surface area contributed by atoms with E-state index in [1.54, 1.807) is 0 Å². The smallest absolute Gasteiger partial charge is 0.0718 e. The maximum Gasteiger partial charge on any atom is 0.0718 e. The maximum absolute atomic E-state index is 9.99. The lowest BCUT2D eigenvalue weighted by Gasteiger charge is -2.39. The third-order valence-corrected chi connectivity index (χ3v) is 4.18. The average Bonchev–Trinajstić information content (AvgIpc) is 2.27. The van der Waals surface area contributed by atoms with Crippen LogP contribution < -0.4 is 0 Å². The monoisotopic (exact) mass is 275 g/mol. The van der Waals surface area contributed by atoms with Gasteiger partial charge >= 0.3 is 0 Å². The highest BCUT2D eigenvalue weighted by atomic mass is 32.1. The Morgan fingerprint density at radius 3 is 1.78 bits per heavy atom. The predicted molar refractivity (Wildman–Crippen MR) is 84.5 cm³/mol. The molecular weight excluding hydrogens is 242 g/mol. The van der Waals surface area contributed by atoms with Crippen molar-refractivity contribution in [2.75, 3.05) is 25.4 Å². The summed E-state index contributed by atoms with van der Waals surface area (Å²) in [6.07, 6.45) is 4.88. The van der Waals surface area contributed by atoms with Crippen LogP contribution in [0.15, 0.2) is 0 Å². The second kappa shape index (κ2) is 8.44. The lowest BCUT2D eigenvalue weighted by atomic mass is 9.80. The summed E-state index contributed by atoms with van der Waals surface area (Å²) in [7, 11) is 0. The van der Waals surface area contributed by atoms with Crippen LogP contribution in [0.1, 0.15) is 60.3 Å². The van der Waals surface area contributed by atoms with Crippen molar-refractivity contribution in [1.82, 2.24) is 4.90 Å². The zero-order chi connectivity index (χ0) is 14.2. The van der Waals surface area contributed by atoms with Crippen molar-refractivity contribution in [2.45, 2.75) is 65.9 Å². The number of rotatable bonds is 10. The molecule has 110 valence electrons. The zero-order valence-electron chi connectivity index (χ0n) is 13.0. The Morgan fingerprint density at radius 2 is 1.50 bits per heavy atom. The first kappa shape index (κ1) is 18.3. The second-order valence-corrected chi connectivity index (χ2v) is 6.59. The van der Waals surface area contributed by atoms with E-state index in [2.05, 4.69) is 38.3 Å². The van der Waals surface area contributed by atoms with Crippen LogP contribution in [-0.4, -0.2) is 41.0 Å². The topological polar surface area (TPSA) is 23.5 Å². The van der Waals surface area contributed by atoms with Crippen molar-refractivity contribution >= 4 is 12.6 Å². The van der Waals surface area contributed by atoms with Crippen LogP contribution in [0.5, 0.6) is 0 Å². The minimum atomic E-state index is -0.614. The van der Waals surface area contributed by atoms with Crippen LogP contribution in [-0.2, 0) is 0 Å². The molecule has 0 fully saturated rings. The summed E-state index contributed by atoms with van der Waals surface area (Å²) in [5.74, 6) is 0.942. The summed E-state index contributed by atoms with van der Waals surface area (Å²) in [6, 6.07) is 0. The zero-order valence-corrected chi connectivity index (χ0v) is 13.9. The van der Waals surface area contributed by atoms with E-state index in [4.69, 9.17) is 0 Å². The molecule has 0 saturated heterocycles. The molecule has 0 aliphatic rings. The summed E-state index contributed by atoms with van der Waals surface area (Å²) in [5, 5.41) is 9.99. The standard InChI is InChI=1S/C15H33NOS/c1-6-9-15(13-18,10-7-2)12-16(8-3)11-14(4,5)17/h17-18H,6-13H2,1-5H3. The number of nitrogens with zero attached hydrogens (tertiary/aromatic N) is 1. The minimum Gasteiger partial charge on any atom is -0.389 e. The van der Waals surface area contributed by atoms with Gasteiger partial charge in [0.05, 0.1) is 5.60 Å². The molecule has 2 nitrogen and oxygen atoms in total. The van der Waals surface area contributed by atoms with Gasteiger partial charge in [0.1, 0.15) is 0 Å². The average molecular weight is 276 g/mol. The Labute approximate surface area is 120 Å². The highest BCUT2D eigenvalue weighted by molar-refractivity contribution is 7.80. The lowest BCUT2D eigenvalue weighted by molar-refractivity contribution is 0.0219. The van der Waals surface area contributed by atoms with Crippen LogP contribution in [0.4, 0.5) is 0 Å². The predicted octanol–water partition coefficient (Wildman–Crippen LogP) is 3.60. The number of aliphatic hydroxyl groups is 1. The Balaban J connectivity index is 4.69. The molecule has 0 aromatic carbocycles. The van der Waals surface area contributed by atoms with Crippen LogP contribution in [0, 0.1) is 5.41 Å². The van der Waals surface area contributed by atoms with E-state index in [1.807, 2.05) is 13.8 Å². The van der Waals surface area contributed by atoms with Gasteiger partial charge in [0.2, 0.25) is 0 Å². The van der Waals surface area contributed by atoms with Gasteiger partial charge in [-0.25, -0.2) is 0 Å². The molecule has 0 atom stereocenters. The molecule has 3 heteroatoms. The molecule has 0 saturated carbocycles. The first-order chi connectivity index (χ1) is 8.32. The van der Waals surface area contributed by atoms with E-state index in [0.29, 0.717) is 5.41 Å². The quantitative estimate of drug-likeness (QED) is 0.595. The molecule has 0 radical (unpaired) electrons. The van der Waals surface area contributed by atoms with Gasteiger partial charge in [-0.3, -0.25) is 0 Å². The van der Waals surface area contributed by atoms with Gasteiger partial charge in [0.25, 0.3) is 0 Å². The highest BCUT2D eigenvalue weighted by Gasteiger charge is 2.30. The van der Waals surface area contributed by atoms with Gasteiger partial charge < -0.3 is 10.0 Å². The number of hydrogen-bond donors (Lipinski definition) is 2. The van der Waals surface area contributed by atoms with Crippen LogP contribution >= 0.6 is 12.6 Å². The second-order valence-electron chi connectivity index (χ2n) is 6.27. The number of likely N-dealkylation sites (N-methyl/N-ethyl adjacent to an activating group) is 1. The van der Waals surface area contributed by atoms with Crippen LogP contribution in [0.3, 0.4) is 0 Å². The molecule has 0 heterocycles. The molecule has 0 unspecified atom stereocenters. The summed E-state index contributed by atoms with van der Waals surface area (Å²) in [6.45, 7) is 13.2. The van der Waals surface area contributed by atoms with Crippen molar-refractivity contribution < 1.29 is 5.11 Å². The molecule has 0 amide bonds. The van der Waals surface area contributed by atoms with E-state index < -0.39 is 5.60 Å². The van der Waals surface area contributed by atoms with E-state index in [0.717, 1.165) is 25.4 Å². The summed E-state index contributed by atoms with van der Waals surface area (Å²) in [5.41, 5.74) is -0.301. The summed E-state index contributed by atoms with van der Waals surface area (Å²) >= 11 is 4.61. The number of thiol groups is 1.